The molecular formula is C14H10N2O4. The number of ether oxygens (including phenoxy) is 1. The monoisotopic (exact) mass is 270 g/mol. The van der Waals surface area contributed by atoms with Gasteiger partial charge < -0.3 is 14.5 Å². The number of hydrogen-bond acceptors (Lipinski definition) is 5. The number of nitrogens with one attached hydrogen (secondary N) is 1. The molecule has 1 N–H and O–H groups in total. The van der Waals surface area contributed by atoms with Gasteiger partial charge in [-0.2, -0.15) is 5.26 Å². The smallest absolute Gasteiger partial charge is 0.374 e. The standard InChI is InChI=1S/C14H10N2O4/c15-8-10-3-5-11(6-4-10)16-13(17)9-20-14(18)12-2-1-7-19-12/h1-7H,9H2,(H,16,17). The van der Waals surface area contributed by atoms with Crippen molar-refractivity contribution in [1.82, 2.24) is 0 Å². The van der Waals surface area contributed by atoms with Crippen LogP contribution in [0.25, 0.3) is 0 Å². The van der Waals surface area contributed by atoms with Gasteiger partial charge in [0.25, 0.3) is 5.91 Å². The Labute approximate surface area is 114 Å². The third-order valence-corrected chi connectivity index (χ3v) is 2.35. The van der Waals surface area contributed by atoms with Gasteiger partial charge in [-0.25, -0.2) is 4.79 Å². The van der Waals surface area contributed by atoms with E-state index in [-0.39, 0.29) is 5.76 Å². The number of rotatable bonds is 4. The van der Waals surface area contributed by atoms with Gasteiger partial charge in [-0.15, -0.1) is 0 Å². The molecule has 6 nitrogen and oxygen atoms in total. The molecule has 0 saturated carbocycles. The van der Waals surface area contributed by atoms with E-state index >= 15 is 0 Å². The maximum absolute atomic E-state index is 11.6. The van der Waals surface area contributed by atoms with Crippen molar-refractivity contribution < 1.29 is 18.7 Å². The van der Waals surface area contributed by atoms with E-state index in [0.717, 1.165) is 0 Å². The van der Waals surface area contributed by atoms with Gasteiger partial charge >= 0.3 is 5.97 Å². The molecular weight excluding hydrogens is 260 g/mol. The third-order valence-electron chi connectivity index (χ3n) is 2.35. The number of furan rings is 1. The van der Waals surface area contributed by atoms with Crippen LogP contribution in [0.5, 0.6) is 0 Å². The molecule has 0 radical (unpaired) electrons. The van der Waals surface area contributed by atoms with E-state index in [1.54, 1.807) is 30.3 Å². The molecule has 100 valence electrons. The molecule has 0 spiro atoms. The topological polar surface area (TPSA) is 92.3 Å². The van der Waals surface area contributed by atoms with Gasteiger partial charge in [0, 0.05) is 5.69 Å². The summed E-state index contributed by atoms with van der Waals surface area (Å²) >= 11 is 0. The van der Waals surface area contributed by atoms with Crippen LogP contribution in [-0.4, -0.2) is 18.5 Å². The van der Waals surface area contributed by atoms with Crippen molar-refractivity contribution in [1.29, 1.82) is 5.26 Å². The highest BCUT2D eigenvalue weighted by Gasteiger charge is 2.12. The van der Waals surface area contributed by atoms with Crippen molar-refractivity contribution >= 4 is 17.6 Å². The fourth-order valence-electron chi connectivity index (χ4n) is 1.42. The van der Waals surface area contributed by atoms with Gasteiger partial charge in [0.2, 0.25) is 5.76 Å². The van der Waals surface area contributed by atoms with Crippen molar-refractivity contribution in [3.05, 3.63) is 54.0 Å². The molecule has 20 heavy (non-hydrogen) atoms. The highest BCUT2D eigenvalue weighted by Crippen LogP contribution is 2.08. The molecule has 1 heterocycles. The lowest BCUT2D eigenvalue weighted by Gasteiger charge is -2.05. The predicted octanol–water partition coefficient (Wildman–Crippen LogP) is 1.95. The van der Waals surface area contributed by atoms with Crippen LogP contribution >= 0.6 is 0 Å². The van der Waals surface area contributed by atoms with Crippen molar-refractivity contribution in [2.45, 2.75) is 0 Å². The zero-order valence-electron chi connectivity index (χ0n) is 10.3. The molecule has 0 saturated heterocycles. The Hall–Kier alpha value is -3.07. The second-order valence-electron chi connectivity index (χ2n) is 3.79. The van der Waals surface area contributed by atoms with Crippen LogP contribution in [0.1, 0.15) is 16.1 Å². The minimum atomic E-state index is -0.704. The number of benzene rings is 1. The number of hydrogen-bond donors (Lipinski definition) is 1. The Bertz CT molecular complexity index is 639. The van der Waals surface area contributed by atoms with Crippen molar-refractivity contribution in [3.8, 4) is 6.07 Å². The minimum Gasteiger partial charge on any atom is -0.457 e. The molecule has 1 aromatic carbocycles. The first-order chi connectivity index (χ1) is 9.69. The Balaban J connectivity index is 1.83. The zero-order chi connectivity index (χ0) is 14.4. The number of anilines is 1. The molecule has 1 aromatic heterocycles. The minimum absolute atomic E-state index is 0.0381. The van der Waals surface area contributed by atoms with E-state index in [9.17, 15) is 9.59 Å². The average molecular weight is 270 g/mol. The van der Waals surface area contributed by atoms with Crippen LogP contribution in [0.15, 0.2) is 47.1 Å². The quantitative estimate of drug-likeness (QED) is 0.857. The van der Waals surface area contributed by atoms with Gasteiger partial charge in [0.05, 0.1) is 17.9 Å². The summed E-state index contributed by atoms with van der Waals surface area (Å²) < 4.78 is 9.60. The highest BCUT2D eigenvalue weighted by atomic mass is 16.5. The molecule has 0 aliphatic heterocycles. The van der Waals surface area contributed by atoms with E-state index in [1.807, 2.05) is 6.07 Å². The summed E-state index contributed by atoms with van der Waals surface area (Å²) in [5, 5.41) is 11.2. The van der Waals surface area contributed by atoms with Gasteiger partial charge in [-0.05, 0) is 36.4 Å². The number of nitrogens with zero attached hydrogens (tertiary/aromatic N) is 1. The van der Waals surface area contributed by atoms with Crippen molar-refractivity contribution in [2.24, 2.45) is 0 Å². The number of nitriles is 1. The van der Waals surface area contributed by atoms with E-state index in [4.69, 9.17) is 14.4 Å². The first kappa shape index (κ1) is 13.4. The third kappa shape index (κ3) is 3.46. The SMILES string of the molecule is N#Cc1ccc(NC(=O)COC(=O)c2ccco2)cc1. The number of carbonyl (C=O) groups excluding carboxylic acids is 2. The first-order valence-electron chi connectivity index (χ1n) is 5.69. The Morgan fingerprint density at radius 2 is 2.00 bits per heavy atom. The summed E-state index contributed by atoms with van der Waals surface area (Å²) in [6.07, 6.45) is 1.34. The lowest BCUT2D eigenvalue weighted by Crippen LogP contribution is -2.20. The van der Waals surface area contributed by atoms with Crippen LogP contribution in [0, 0.1) is 11.3 Å². The predicted molar refractivity (Wildman–Crippen MR) is 68.8 cm³/mol. The molecule has 0 atom stereocenters. The highest BCUT2D eigenvalue weighted by molar-refractivity contribution is 5.94. The molecule has 0 bridgehead atoms. The Kier molecular flexibility index (Phi) is 4.14. The summed E-state index contributed by atoms with van der Waals surface area (Å²) in [4.78, 5) is 23.0. The van der Waals surface area contributed by atoms with Gasteiger partial charge in [-0.3, -0.25) is 4.79 Å². The van der Waals surface area contributed by atoms with Gasteiger partial charge in [0.15, 0.2) is 6.61 Å². The second-order valence-corrected chi connectivity index (χ2v) is 3.79. The molecule has 6 heteroatoms. The lowest BCUT2D eigenvalue weighted by atomic mass is 10.2. The number of amides is 1. The van der Waals surface area contributed by atoms with E-state index < -0.39 is 18.5 Å². The van der Waals surface area contributed by atoms with Crippen LogP contribution in [-0.2, 0) is 9.53 Å². The summed E-state index contributed by atoms with van der Waals surface area (Å²) in [6, 6.07) is 11.3. The Morgan fingerprint density at radius 3 is 2.60 bits per heavy atom. The van der Waals surface area contributed by atoms with Crippen molar-refractivity contribution in [2.75, 3.05) is 11.9 Å². The molecule has 2 rings (SSSR count). The molecule has 0 aliphatic rings. The number of esters is 1. The van der Waals surface area contributed by atoms with Crippen LogP contribution in [0.2, 0.25) is 0 Å². The van der Waals surface area contributed by atoms with E-state index in [2.05, 4.69) is 5.32 Å². The summed E-state index contributed by atoms with van der Waals surface area (Å²) in [6.45, 7) is -0.417. The average Bonchev–Trinajstić information content (AvgIpc) is 3.00. The summed E-state index contributed by atoms with van der Waals surface area (Å²) in [7, 11) is 0. The van der Waals surface area contributed by atoms with Crippen molar-refractivity contribution in [3.63, 3.8) is 0 Å². The molecule has 1 amide bonds. The first-order valence-corrected chi connectivity index (χ1v) is 5.69. The lowest BCUT2D eigenvalue weighted by molar-refractivity contribution is -0.119. The fraction of sp³-hybridized carbons (Fsp3) is 0.0714. The molecule has 0 aliphatic carbocycles. The van der Waals surface area contributed by atoms with Gasteiger partial charge in [0.1, 0.15) is 0 Å². The fourth-order valence-corrected chi connectivity index (χ4v) is 1.42. The molecule has 0 fully saturated rings. The number of carbonyl (C=O) groups is 2. The van der Waals surface area contributed by atoms with Crippen LogP contribution < -0.4 is 5.32 Å². The van der Waals surface area contributed by atoms with Crippen LogP contribution in [0.3, 0.4) is 0 Å². The van der Waals surface area contributed by atoms with E-state index in [1.165, 1.54) is 12.3 Å². The second kappa shape index (κ2) is 6.20. The zero-order valence-corrected chi connectivity index (χ0v) is 10.3. The normalized spacial score (nSPS) is 9.55. The van der Waals surface area contributed by atoms with Gasteiger partial charge in [-0.1, -0.05) is 0 Å². The maximum Gasteiger partial charge on any atom is 0.374 e. The van der Waals surface area contributed by atoms with Crippen LogP contribution in [0.4, 0.5) is 5.69 Å². The summed E-state index contributed by atoms with van der Waals surface area (Å²) in [5.41, 5.74) is 1.01. The Morgan fingerprint density at radius 1 is 1.25 bits per heavy atom. The molecule has 2 aromatic rings. The maximum atomic E-state index is 11.6. The van der Waals surface area contributed by atoms with E-state index in [0.29, 0.717) is 11.3 Å². The largest absolute Gasteiger partial charge is 0.457 e. The summed E-state index contributed by atoms with van der Waals surface area (Å²) in [5.74, 6) is -1.14. The molecule has 0 unspecified atom stereocenters.